The molecule has 0 unspecified atom stereocenters. The van der Waals surface area contributed by atoms with Crippen molar-refractivity contribution in [1.82, 2.24) is 17.8 Å². The monoisotopic (exact) mass is 1520 g/mol. The molecule has 4 saturated heterocycles. The highest BCUT2D eigenvalue weighted by molar-refractivity contribution is 7.92. The summed E-state index contributed by atoms with van der Waals surface area (Å²) in [6, 6.07) is 58.8. The molecule has 4 aliphatic heterocycles. The lowest BCUT2D eigenvalue weighted by atomic mass is 10.0. The zero-order valence-electron chi connectivity index (χ0n) is 60.2. The van der Waals surface area contributed by atoms with Gasteiger partial charge in [-0.25, -0.2) is 13.2 Å². The van der Waals surface area contributed by atoms with E-state index in [1.165, 1.54) is 39.8 Å². The molecule has 13 rings (SSSR count). The van der Waals surface area contributed by atoms with Gasteiger partial charge in [0.1, 0.15) is 0 Å². The van der Waals surface area contributed by atoms with Gasteiger partial charge in [-0.1, -0.05) is 165 Å². The molecule has 8 aromatic rings. The second-order valence-corrected chi connectivity index (χ2v) is 33.8. The lowest BCUT2D eigenvalue weighted by Gasteiger charge is -2.36. The van der Waals surface area contributed by atoms with Crippen molar-refractivity contribution in [3.63, 3.8) is 0 Å². The Hall–Kier alpha value is -9.00. The summed E-state index contributed by atoms with van der Waals surface area (Å²) < 4.78 is 128. The first-order valence-electron chi connectivity index (χ1n) is 35.4. The highest BCUT2D eigenvalue weighted by Crippen LogP contribution is 2.42. The third kappa shape index (κ3) is 21.0. The largest absolute Gasteiger partial charge is 0.478 e. The fourth-order valence-corrected chi connectivity index (χ4v) is 18.8. The molecular formula is C79H92N8O15S4. The Balaban J connectivity index is 0.000000151. The highest BCUT2D eigenvalue weighted by Gasteiger charge is 2.48. The lowest BCUT2D eigenvalue weighted by Crippen LogP contribution is -2.48. The predicted octanol–water partition coefficient (Wildman–Crippen LogP) is 13.7. The Morgan fingerprint density at radius 3 is 0.943 bits per heavy atom. The summed E-state index contributed by atoms with van der Waals surface area (Å²) >= 11 is 0. The van der Waals surface area contributed by atoms with Crippen LogP contribution < -0.4 is 18.9 Å². The Morgan fingerprint density at radius 1 is 0.377 bits per heavy atom. The molecule has 106 heavy (non-hydrogen) atoms. The second kappa shape index (κ2) is 35.1. The lowest BCUT2D eigenvalue weighted by molar-refractivity contribution is -0.179. The van der Waals surface area contributed by atoms with Crippen LogP contribution in [0.25, 0.3) is 44.5 Å². The van der Waals surface area contributed by atoms with Crippen molar-refractivity contribution in [2.45, 2.75) is 103 Å². The van der Waals surface area contributed by atoms with E-state index in [2.05, 4.69) is 18.9 Å². The minimum Gasteiger partial charge on any atom is -0.478 e. The number of aromatic carboxylic acids is 1. The average molecular weight is 1520 g/mol. The normalized spacial score (nSPS) is 16.8. The molecule has 23 nitrogen and oxygen atoms in total. The molecule has 5 fully saturated rings. The van der Waals surface area contributed by atoms with Gasteiger partial charge in [0, 0.05) is 74.3 Å². The summed E-state index contributed by atoms with van der Waals surface area (Å²) in [5.74, 6) is -2.41. The number of carboxylic acid groups (broad SMARTS) is 1. The maximum atomic E-state index is 13.0. The average Bonchev–Trinajstić information content (AvgIpc) is 1.52. The molecule has 0 atom stereocenters. The van der Waals surface area contributed by atoms with Crippen LogP contribution in [0, 0.1) is 0 Å². The van der Waals surface area contributed by atoms with E-state index in [4.69, 9.17) is 9.47 Å². The van der Waals surface area contributed by atoms with Crippen LogP contribution in [0.3, 0.4) is 0 Å². The van der Waals surface area contributed by atoms with Gasteiger partial charge in [-0.3, -0.25) is 33.3 Å². The number of ether oxygens (including phenoxy) is 2. The minimum atomic E-state index is -3.82. The van der Waals surface area contributed by atoms with Gasteiger partial charge < -0.3 is 19.5 Å². The van der Waals surface area contributed by atoms with E-state index in [0.717, 1.165) is 102 Å². The molecule has 5 N–H and O–H groups in total. The summed E-state index contributed by atoms with van der Waals surface area (Å²) in [6.45, 7) is 8.05. The van der Waals surface area contributed by atoms with Crippen LogP contribution >= 0.6 is 0 Å². The Morgan fingerprint density at radius 2 is 0.660 bits per heavy atom. The van der Waals surface area contributed by atoms with Crippen molar-refractivity contribution in [3.05, 3.63) is 216 Å². The molecular weight excluding hydrogens is 1430 g/mol. The van der Waals surface area contributed by atoms with Crippen LogP contribution in [-0.2, 0) is 50.1 Å². The quantitative estimate of drug-likeness (QED) is 0.0394. The van der Waals surface area contributed by atoms with Gasteiger partial charge in [-0.15, -0.1) is 0 Å². The smallest absolute Gasteiger partial charge is 0.337 e. The molecule has 5 aliphatic rings. The molecule has 0 amide bonds. The van der Waals surface area contributed by atoms with E-state index in [1.807, 2.05) is 159 Å². The number of nitrogens with one attached hydrogen (secondary N) is 4. The van der Waals surface area contributed by atoms with Gasteiger partial charge in [0.2, 0.25) is 10.0 Å². The van der Waals surface area contributed by atoms with Crippen molar-refractivity contribution < 1.29 is 67.4 Å². The Kier molecular flexibility index (Phi) is 26.4. The number of carbonyl (C=O) groups is 4. The molecule has 4 heterocycles. The number of ketones is 3. The van der Waals surface area contributed by atoms with Gasteiger partial charge in [-0.2, -0.15) is 38.2 Å². The first-order chi connectivity index (χ1) is 50.6. The van der Waals surface area contributed by atoms with Crippen LogP contribution in [0.15, 0.2) is 194 Å². The van der Waals surface area contributed by atoms with E-state index in [1.54, 1.807) is 48.5 Å². The number of Topliss-reactive ketones (excluding diaryl/α,β-unsaturated/α-hetero) is 3. The molecule has 0 radical (unpaired) electrons. The van der Waals surface area contributed by atoms with Gasteiger partial charge in [0.15, 0.2) is 23.1 Å². The molecule has 0 bridgehead atoms. The van der Waals surface area contributed by atoms with Crippen LogP contribution in [0.2, 0.25) is 0 Å². The Labute approximate surface area is 622 Å². The zero-order valence-corrected chi connectivity index (χ0v) is 63.5. The van der Waals surface area contributed by atoms with E-state index < -0.39 is 52.4 Å². The number of piperidine rings is 2. The summed E-state index contributed by atoms with van der Waals surface area (Å²) in [5, 5.41) is 9.41. The predicted molar refractivity (Wildman–Crippen MR) is 416 cm³/mol. The van der Waals surface area contributed by atoms with Crippen LogP contribution in [0.5, 0.6) is 0 Å². The second-order valence-electron chi connectivity index (χ2n) is 27.1. The molecule has 0 aromatic heterocycles. The van der Waals surface area contributed by atoms with Gasteiger partial charge >= 0.3 is 36.6 Å². The first kappa shape index (κ1) is 79.6. The van der Waals surface area contributed by atoms with Crippen molar-refractivity contribution in [2.24, 2.45) is 0 Å². The first-order valence-corrected chi connectivity index (χ1v) is 41.4. The number of carbonyl (C=O) groups excluding carboxylic acids is 3. The standard InChI is InChI=1S/C21H24N2O5S.C20H24N2O3S.C19H22N2O4S.C19H22N2O3S/c1-16(24)19-8-7-18(17-5-3-2-4-6-17)15-20(19)22-29(25,26)23-11-9-21(10-12-23)27-13-14-28-21;1-16(23)19-12-11-18(17-9-5-4-6-10-17)15-20(19)21-26(24,25)22-13-7-2-3-8-14-22;1-21(2)19(10-11-19)13-26(24,25)20-17-12-15(8-9-16(17)18(22)23)14-6-4-3-5-7-14;1-15(22)18-11-10-17(16-8-4-2-5-9-16)14-19(18)20-25(23,24)21-12-6-3-7-13-21/h2-8,15,22H,9-14H2,1H3;4-6,9-12,15,21H,2-3,7-8,13-14H2,1H3;3-9,12,20H,10-11,13H2,1-2H3,(H,22,23);2,4-5,8-11,14,20H,3,6-7,12-13H2,1H3. The maximum absolute atomic E-state index is 13.0. The van der Waals surface area contributed by atoms with Crippen LogP contribution in [-0.4, -0.2) is 164 Å². The van der Waals surface area contributed by atoms with Crippen LogP contribution in [0.1, 0.15) is 133 Å². The van der Waals surface area contributed by atoms with Gasteiger partial charge in [0.25, 0.3) is 0 Å². The minimum absolute atomic E-state index is 0.0539. The molecule has 8 aromatic carbocycles. The summed E-state index contributed by atoms with van der Waals surface area (Å²) in [6.07, 6.45) is 9.21. The summed E-state index contributed by atoms with van der Waals surface area (Å²) in [7, 11) is -11.1. The third-order valence-electron chi connectivity index (χ3n) is 19.3. The number of carboxylic acids is 1. The van der Waals surface area contributed by atoms with Crippen molar-refractivity contribution in [2.75, 3.05) is 91.2 Å². The number of nitrogens with zero attached hydrogens (tertiary/aromatic N) is 4. The summed E-state index contributed by atoms with van der Waals surface area (Å²) in [5.41, 5.74) is 8.79. The van der Waals surface area contributed by atoms with Crippen LogP contribution in [0.4, 0.5) is 22.7 Å². The van der Waals surface area contributed by atoms with E-state index >= 15 is 0 Å². The topological polar surface area (TPSA) is 305 Å². The fourth-order valence-electron chi connectivity index (χ4n) is 13.1. The van der Waals surface area contributed by atoms with E-state index in [-0.39, 0.29) is 45.6 Å². The fraction of sp³-hybridized carbons (Fsp3) is 0.342. The van der Waals surface area contributed by atoms with Crippen molar-refractivity contribution in [3.8, 4) is 44.5 Å². The number of hydrogen-bond donors (Lipinski definition) is 5. The summed E-state index contributed by atoms with van der Waals surface area (Å²) in [4.78, 5) is 49.4. The highest BCUT2D eigenvalue weighted by atomic mass is 32.2. The van der Waals surface area contributed by atoms with Gasteiger partial charge in [0.05, 0.1) is 47.3 Å². The molecule has 27 heteroatoms. The van der Waals surface area contributed by atoms with Crippen molar-refractivity contribution >= 4 is 86.7 Å². The molecule has 562 valence electrons. The third-order valence-corrected chi connectivity index (χ3v) is 25.3. The molecule has 1 saturated carbocycles. The number of sulfonamides is 1. The van der Waals surface area contributed by atoms with E-state index in [9.17, 15) is 58.0 Å². The number of benzene rings is 8. The molecule has 1 spiro atoms. The Bertz CT molecular complexity index is 4870. The number of rotatable bonds is 22. The SMILES string of the molecule is CC(=O)c1ccc(-c2ccccc2)cc1NS(=O)(=O)N1CCC2(CC1)OCCO2.CC(=O)c1ccc(-c2ccccc2)cc1NS(=O)(=O)N1CCCCC1.CC(=O)c1ccc(-c2ccccc2)cc1NS(=O)(=O)N1CCCCCC1.CN(C)C1(CS(=O)(=O)Nc2cc(-c3ccccc3)ccc2C(=O)O)CC1. The van der Waals surface area contributed by atoms with E-state index in [0.29, 0.717) is 93.4 Å². The zero-order chi connectivity index (χ0) is 75.9. The maximum Gasteiger partial charge on any atom is 0.337 e. The molecule has 1 aliphatic carbocycles. The van der Waals surface area contributed by atoms with Crippen molar-refractivity contribution in [1.29, 1.82) is 0 Å². The number of hydrogen-bond acceptors (Lipinski definition) is 15. The number of anilines is 4. The van der Waals surface area contributed by atoms with Gasteiger partial charge in [-0.05, 0) is 166 Å².